The van der Waals surface area contributed by atoms with Crippen molar-refractivity contribution in [1.29, 1.82) is 0 Å². The van der Waals surface area contributed by atoms with Crippen LogP contribution in [0.5, 0.6) is 5.75 Å². The summed E-state index contributed by atoms with van der Waals surface area (Å²) in [6, 6.07) is 18.1. The first-order chi connectivity index (χ1) is 9.86. The van der Waals surface area contributed by atoms with E-state index in [1.165, 1.54) is 0 Å². The van der Waals surface area contributed by atoms with Crippen LogP contribution in [0, 0.1) is 0 Å². The van der Waals surface area contributed by atoms with Crippen molar-refractivity contribution in [2.24, 2.45) is 10.2 Å². The standard InChI is InChI=1S/C16H14N2OS/c1-19-14-9-7-12(8-10-14)15-11-20-16(18-17-15)13-5-3-2-4-6-13/h2-10H,11H2,1H3. The highest BCUT2D eigenvalue weighted by atomic mass is 32.2. The molecule has 0 atom stereocenters. The van der Waals surface area contributed by atoms with Crippen LogP contribution in [0.3, 0.4) is 0 Å². The van der Waals surface area contributed by atoms with Gasteiger partial charge in [0.15, 0.2) is 0 Å². The number of rotatable bonds is 3. The summed E-state index contributed by atoms with van der Waals surface area (Å²) in [5, 5.41) is 9.67. The van der Waals surface area contributed by atoms with Crippen molar-refractivity contribution in [3.8, 4) is 5.75 Å². The molecule has 0 spiro atoms. The summed E-state index contributed by atoms with van der Waals surface area (Å²) >= 11 is 1.72. The van der Waals surface area contributed by atoms with E-state index in [4.69, 9.17) is 4.74 Å². The molecule has 0 saturated carbocycles. The third-order valence-corrected chi connectivity index (χ3v) is 4.06. The average Bonchev–Trinajstić information content (AvgIpc) is 2.56. The van der Waals surface area contributed by atoms with Crippen LogP contribution in [0.15, 0.2) is 64.8 Å². The third kappa shape index (κ3) is 2.75. The van der Waals surface area contributed by atoms with Crippen LogP contribution in [0.4, 0.5) is 0 Å². The van der Waals surface area contributed by atoms with Crippen LogP contribution in [0.2, 0.25) is 0 Å². The molecule has 4 heteroatoms. The summed E-state index contributed by atoms with van der Waals surface area (Å²) in [6.45, 7) is 0. The van der Waals surface area contributed by atoms with Gasteiger partial charge in [0.25, 0.3) is 0 Å². The number of methoxy groups -OCH3 is 1. The second-order valence-corrected chi connectivity index (χ2v) is 5.30. The van der Waals surface area contributed by atoms with Gasteiger partial charge in [-0.1, -0.05) is 42.1 Å². The molecule has 0 N–H and O–H groups in total. The Bertz CT molecular complexity index is 648. The zero-order valence-electron chi connectivity index (χ0n) is 11.1. The molecule has 3 rings (SSSR count). The minimum Gasteiger partial charge on any atom is -0.497 e. The van der Waals surface area contributed by atoms with E-state index >= 15 is 0 Å². The van der Waals surface area contributed by atoms with Crippen molar-refractivity contribution in [2.45, 2.75) is 0 Å². The van der Waals surface area contributed by atoms with Gasteiger partial charge in [0.2, 0.25) is 0 Å². The van der Waals surface area contributed by atoms with Gasteiger partial charge in [0, 0.05) is 11.3 Å². The lowest BCUT2D eigenvalue weighted by Gasteiger charge is -2.12. The lowest BCUT2D eigenvalue weighted by molar-refractivity contribution is 0.415. The van der Waals surface area contributed by atoms with Gasteiger partial charge >= 0.3 is 0 Å². The van der Waals surface area contributed by atoms with E-state index in [9.17, 15) is 0 Å². The van der Waals surface area contributed by atoms with Crippen molar-refractivity contribution in [3.63, 3.8) is 0 Å². The fraction of sp³-hybridized carbons (Fsp3) is 0.125. The van der Waals surface area contributed by atoms with E-state index < -0.39 is 0 Å². The van der Waals surface area contributed by atoms with Crippen LogP contribution in [0.1, 0.15) is 11.1 Å². The molecular weight excluding hydrogens is 268 g/mol. The Balaban J connectivity index is 1.83. The maximum Gasteiger partial charge on any atom is 0.126 e. The molecule has 0 unspecified atom stereocenters. The highest BCUT2D eigenvalue weighted by Gasteiger charge is 2.13. The summed E-state index contributed by atoms with van der Waals surface area (Å²) in [5.41, 5.74) is 3.21. The Labute approximate surface area is 122 Å². The average molecular weight is 282 g/mol. The van der Waals surface area contributed by atoms with E-state index in [1.807, 2.05) is 42.5 Å². The van der Waals surface area contributed by atoms with Crippen molar-refractivity contribution >= 4 is 22.5 Å². The maximum atomic E-state index is 5.16. The van der Waals surface area contributed by atoms with E-state index in [2.05, 4.69) is 22.3 Å². The third-order valence-electron chi connectivity index (χ3n) is 3.05. The SMILES string of the molecule is COc1ccc(C2=NN=C(c3ccccc3)SC2)cc1. The Hall–Kier alpha value is -2.07. The summed E-state index contributed by atoms with van der Waals surface area (Å²) in [4.78, 5) is 0. The monoisotopic (exact) mass is 282 g/mol. The minimum atomic E-state index is 0.833. The smallest absolute Gasteiger partial charge is 0.126 e. The van der Waals surface area contributed by atoms with Gasteiger partial charge < -0.3 is 4.74 Å². The van der Waals surface area contributed by atoms with Crippen LogP contribution in [-0.4, -0.2) is 23.6 Å². The van der Waals surface area contributed by atoms with Crippen molar-refractivity contribution < 1.29 is 4.74 Å². The fourth-order valence-electron chi connectivity index (χ4n) is 1.95. The van der Waals surface area contributed by atoms with Crippen molar-refractivity contribution in [3.05, 3.63) is 65.7 Å². The molecule has 100 valence electrons. The predicted molar refractivity (Wildman–Crippen MR) is 85.0 cm³/mol. The summed E-state index contributed by atoms with van der Waals surface area (Å²) < 4.78 is 5.16. The number of benzene rings is 2. The summed E-state index contributed by atoms with van der Waals surface area (Å²) in [7, 11) is 1.67. The molecule has 20 heavy (non-hydrogen) atoms. The first-order valence-corrected chi connectivity index (χ1v) is 7.32. The van der Waals surface area contributed by atoms with Gasteiger partial charge in [-0.05, 0) is 29.8 Å². The van der Waals surface area contributed by atoms with Crippen LogP contribution < -0.4 is 4.74 Å². The van der Waals surface area contributed by atoms with E-state index in [0.717, 1.165) is 33.4 Å². The molecule has 1 heterocycles. The molecule has 0 saturated heterocycles. The second-order valence-electron chi connectivity index (χ2n) is 4.34. The summed E-state index contributed by atoms with van der Waals surface area (Å²) in [5.74, 6) is 1.69. The number of nitrogens with zero attached hydrogens (tertiary/aromatic N) is 2. The minimum absolute atomic E-state index is 0.833. The molecule has 0 aliphatic carbocycles. The van der Waals surface area contributed by atoms with E-state index in [1.54, 1.807) is 18.9 Å². The van der Waals surface area contributed by atoms with Gasteiger partial charge in [-0.25, -0.2) is 0 Å². The summed E-state index contributed by atoms with van der Waals surface area (Å²) in [6.07, 6.45) is 0. The molecule has 2 aromatic carbocycles. The van der Waals surface area contributed by atoms with Gasteiger partial charge in [0.05, 0.1) is 12.8 Å². The Morgan fingerprint density at radius 2 is 1.65 bits per heavy atom. The van der Waals surface area contributed by atoms with Crippen LogP contribution >= 0.6 is 11.8 Å². The molecule has 0 radical (unpaired) electrons. The Kier molecular flexibility index (Phi) is 3.83. The zero-order valence-corrected chi connectivity index (χ0v) is 11.9. The van der Waals surface area contributed by atoms with Gasteiger partial charge in [-0.2, -0.15) is 5.10 Å². The normalized spacial score (nSPS) is 14.4. The Morgan fingerprint density at radius 3 is 2.25 bits per heavy atom. The highest BCUT2D eigenvalue weighted by molar-refractivity contribution is 8.15. The van der Waals surface area contributed by atoms with Crippen molar-refractivity contribution in [2.75, 3.05) is 12.9 Å². The predicted octanol–water partition coefficient (Wildman–Crippen LogP) is 3.59. The molecule has 0 bridgehead atoms. The molecule has 0 fully saturated rings. The molecule has 3 nitrogen and oxygen atoms in total. The lowest BCUT2D eigenvalue weighted by atomic mass is 10.1. The first-order valence-electron chi connectivity index (χ1n) is 6.34. The highest BCUT2D eigenvalue weighted by Crippen LogP contribution is 2.21. The molecular formula is C16H14N2OS. The van der Waals surface area contributed by atoms with E-state index in [-0.39, 0.29) is 0 Å². The largest absolute Gasteiger partial charge is 0.497 e. The molecule has 0 aromatic heterocycles. The second kappa shape index (κ2) is 5.92. The quantitative estimate of drug-likeness (QED) is 0.862. The van der Waals surface area contributed by atoms with Crippen LogP contribution in [0.25, 0.3) is 0 Å². The van der Waals surface area contributed by atoms with Gasteiger partial charge in [-0.15, -0.1) is 5.10 Å². The van der Waals surface area contributed by atoms with Gasteiger partial charge in [0.1, 0.15) is 10.8 Å². The number of hydrogen-bond donors (Lipinski definition) is 0. The van der Waals surface area contributed by atoms with Crippen LogP contribution in [-0.2, 0) is 0 Å². The van der Waals surface area contributed by atoms with Crippen molar-refractivity contribution in [1.82, 2.24) is 0 Å². The number of hydrogen-bond acceptors (Lipinski definition) is 4. The molecule has 0 amide bonds. The first kappa shape index (κ1) is 12.9. The maximum absolute atomic E-state index is 5.16. The molecule has 2 aromatic rings. The molecule has 1 aliphatic rings. The zero-order chi connectivity index (χ0) is 13.8. The topological polar surface area (TPSA) is 34.0 Å². The number of ether oxygens (including phenoxy) is 1. The number of thioether (sulfide) groups is 1. The van der Waals surface area contributed by atoms with Gasteiger partial charge in [-0.3, -0.25) is 0 Å². The van der Waals surface area contributed by atoms with E-state index in [0.29, 0.717) is 0 Å². The fourth-order valence-corrected chi connectivity index (χ4v) is 2.85. The molecule has 1 aliphatic heterocycles. The lowest BCUT2D eigenvalue weighted by Crippen LogP contribution is -2.11. The Morgan fingerprint density at radius 1 is 0.900 bits per heavy atom.